The van der Waals surface area contributed by atoms with E-state index in [4.69, 9.17) is 0 Å². The molecule has 1 heterocycles. The molecule has 0 radical (unpaired) electrons. The van der Waals surface area contributed by atoms with Gasteiger partial charge in [0.25, 0.3) is 0 Å². The second-order valence-corrected chi connectivity index (χ2v) is 6.97. The van der Waals surface area contributed by atoms with Crippen LogP contribution in [0, 0.1) is 11.3 Å². The second kappa shape index (κ2) is 5.33. The summed E-state index contributed by atoms with van der Waals surface area (Å²) in [6.45, 7) is 13.7. The maximum absolute atomic E-state index is 3.77. The van der Waals surface area contributed by atoms with Crippen molar-refractivity contribution in [1.82, 2.24) is 5.32 Å². The lowest BCUT2D eigenvalue weighted by atomic mass is 9.86. The molecular formula is C14H25NS. The highest BCUT2D eigenvalue weighted by Crippen LogP contribution is 2.29. The maximum atomic E-state index is 3.77. The molecule has 2 atom stereocenters. The zero-order chi connectivity index (χ0) is 12.3. The summed E-state index contributed by atoms with van der Waals surface area (Å²) in [5.74, 6) is 0.628. The van der Waals surface area contributed by atoms with E-state index in [1.54, 1.807) is 0 Å². The van der Waals surface area contributed by atoms with Crippen LogP contribution in [0.3, 0.4) is 0 Å². The molecule has 1 nitrogen and oxygen atoms in total. The average molecular weight is 239 g/mol. The number of nitrogens with one attached hydrogen (secondary N) is 1. The molecule has 0 fully saturated rings. The minimum atomic E-state index is 0.310. The summed E-state index contributed by atoms with van der Waals surface area (Å²) in [6, 6.07) is 5.37. The van der Waals surface area contributed by atoms with Crippen molar-refractivity contribution >= 4 is 11.3 Å². The first kappa shape index (κ1) is 13.7. The summed E-state index contributed by atoms with van der Waals surface area (Å²) >= 11 is 1.85. The van der Waals surface area contributed by atoms with Crippen molar-refractivity contribution in [3.63, 3.8) is 0 Å². The van der Waals surface area contributed by atoms with E-state index in [0.717, 1.165) is 0 Å². The number of rotatable bonds is 4. The van der Waals surface area contributed by atoms with Gasteiger partial charge in [0.15, 0.2) is 0 Å². The van der Waals surface area contributed by atoms with Gasteiger partial charge in [0.05, 0.1) is 0 Å². The Morgan fingerprint density at radius 3 is 2.19 bits per heavy atom. The number of thiophene rings is 1. The van der Waals surface area contributed by atoms with Crippen LogP contribution in [0.5, 0.6) is 0 Å². The molecule has 1 rings (SSSR count). The van der Waals surface area contributed by atoms with Crippen molar-refractivity contribution in [2.24, 2.45) is 11.3 Å². The molecule has 2 heteroatoms. The quantitative estimate of drug-likeness (QED) is 0.817. The van der Waals surface area contributed by atoms with Crippen LogP contribution in [-0.4, -0.2) is 6.04 Å². The van der Waals surface area contributed by atoms with Gasteiger partial charge in [-0.3, -0.25) is 0 Å². The first-order chi connectivity index (χ1) is 7.32. The molecule has 0 aliphatic rings. The molecule has 1 aromatic rings. The van der Waals surface area contributed by atoms with Crippen molar-refractivity contribution in [1.29, 1.82) is 0 Å². The summed E-state index contributed by atoms with van der Waals surface area (Å²) in [4.78, 5) is 1.45. The first-order valence-electron chi connectivity index (χ1n) is 6.12. The van der Waals surface area contributed by atoms with Crippen LogP contribution < -0.4 is 5.32 Å². The lowest BCUT2D eigenvalue weighted by molar-refractivity contribution is 0.243. The van der Waals surface area contributed by atoms with Crippen LogP contribution in [0.4, 0.5) is 0 Å². The SMILES string of the molecule is CC(C)C(NC(C)C(C)(C)C)c1cccs1. The van der Waals surface area contributed by atoms with E-state index in [0.29, 0.717) is 23.4 Å². The number of hydrogen-bond donors (Lipinski definition) is 1. The number of hydrogen-bond acceptors (Lipinski definition) is 2. The van der Waals surface area contributed by atoms with Crippen LogP contribution in [-0.2, 0) is 0 Å². The van der Waals surface area contributed by atoms with Gasteiger partial charge in [-0.15, -0.1) is 11.3 Å². The average Bonchev–Trinajstić information content (AvgIpc) is 2.63. The molecule has 0 bridgehead atoms. The Bertz CT molecular complexity index is 295. The Hall–Kier alpha value is -0.340. The highest BCUT2D eigenvalue weighted by Gasteiger charge is 2.25. The molecule has 0 aliphatic heterocycles. The summed E-state index contributed by atoms with van der Waals surface area (Å²) in [6.07, 6.45) is 0. The molecule has 92 valence electrons. The topological polar surface area (TPSA) is 12.0 Å². The van der Waals surface area contributed by atoms with E-state index in [-0.39, 0.29) is 0 Å². The van der Waals surface area contributed by atoms with Crippen LogP contribution in [0.2, 0.25) is 0 Å². The summed E-state index contributed by atoms with van der Waals surface area (Å²) in [5, 5.41) is 5.93. The van der Waals surface area contributed by atoms with Crippen molar-refractivity contribution in [2.45, 2.75) is 53.6 Å². The molecule has 0 aliphatic carbocycles. The van der Waals surface area contributed by atoms with Gasteiger partial charge in [-0.2, -0.15) is 0 Å². The van der Waals surface area contributed by atoms with Crippen molar-refractivity contribution in [3.05, 3.63) is 22.4 Å². The van der Waals surface area contributed by atoms with Crippen molar-refractivity contribution < 1.29 is 0 Å². The predicted molar refractivity (Wildman–Crippen MR) is 74.0 cm³/mol. The molecule has 1 aromatic heterocycles. The van der Waals surface area contributed by atoms with E-state index in [9.17, 15) is 0 Å². The largest absolute Gasteiger partial charge is 0.306 e. The van der Waals surface area contributed by atoms with E-state index in [1.165, 1.54) is 4.88 Å². The molecular weight excluding hydrogens is 214 g/mol. The molecule has 0 amide bonds. The summed E-state index contributed by atoms with van der Waals surface area (Å²) < 4.78 is 0. The monoisotopic (exact) mass is 239 g/mol. The molecule has 2 unspecified atom stereocenters. The van der Waals surface area contributed by atoms with Gasteiger partial charge < -0.3 is 5.32 Å². The lowest BCUT2D eigenvalue weighted by Gasteiger charge is -2.33. The van der Waals surface area contributed by atoms with Gasteiger partial charge in [0.1, 0.15) is 0 Å². The lowest BCUT2D eigenvalue weighted by Crippen LogP contribution is -2.41. The summed E-state index contributed by atoms with van der Waals surface area (Å²) in [7, 11) is 0. The second-order valence-electron chi connectivity index (χ2n) is 5.99. The third kappa shape index (κ3) is 3.60. The minimum Gasteiger partial charge on any atom is -0.306 e. The minimum absolute atomic E-state index is 0.310. The molecule has 0 saturated carbocycles. The molecule has 16 heavy (non-hydrogen) atoms. The third-order valence-electron chi connectivity index (χ3n) is 3.24. The molecule has 0 aromatic carbocycles. The van der Waals surface area contributed by atoms with Gasteiger partial charge in [0, 0.05) is 17.0 Å². The van der Waals surface area contributed by atoms with Gasteiger partial charge >= 0.3 is 0 Å². The Balaban J connectivity index is 2.74. The van der Waals surface area contributed by atoms with Crippen LogP contribution in [0.1, 0.15) is 52.5 Å². The van der Waals surface area contributed by atoms with Gasteiger partial charge in [-0.05, 0) is 29.7 Å². The van der Waals surface area contributed by atoms with E-state index >= 15 is 0 Å². The fraction of sp³-hybridized carbons (Fsp3) is 0.714. The van der Waals surface area contributed by atoms with Crippen molar-refractivity contribution in [3.8, 4) is 0 Å². The first-order valence-corrected chi connectivity index (χ1v) is 6.99. The summed E-state index contributed by atoms with van der Waals surface area (Å²) in [5.41, 5.74) is 0.310. The molecule has 1 N–H and O–H groups in total. The fourth-order valence-corrected chi connectivity index (χ4v) is 2.55. The fourth-order valence-electron chi connectivity index (χ4n) is 1.59. The highest BCUT2D eigenvalue weighted by atomic mass is 32.1. The van der Waals surface area contributed by atoms with Crippen molar-refractivity contribution in [2.75, 3.05) is 0 Å². The highest BCUT2D eigenvalue weighted by molar-refractivity contribution is 7.10. The predicted octanol–water partition coefficient (Wildman–Crippen LogP) is 4.47. The van der Waals surface area contributed by atoms with Gasteiger partial charge in [0.2, 0.25) is 0 Å². The third-order valence-corrected chi connectivity index (χ3v) is 4.20. The Morgan fingerprint density at radius 1 is 1.19 bits per heavy atom. The van der Waals surface area contributed by atoms with E-state index in [2.05, 4.69) is 64.4 Å². The Kier molecular flexibility index (Phi) is 4.57. The van der Waals surface area contributed by atoms with Crippen LogP contribution in [0.15, 0.2) is 17.5 Å². The molecule has 0 spiro atoms. The van der Waals surface area contributed by atoms with Crippen LogP contribution >= 0.6 is 11.3 Å². The zero-order valence-corrected chi connectivity index (χ0v) is 12.2. The van der Waals surface area contributed by atoms with E-state index < -0.39 is 0 Å². The zero-order valence-electron chi connectivity index (χ0n) is 11.4. The molecule has 0 saturated heterocycles. The van der Waals surface area contributed by atoms with Gasteiger partial charge in [-0.1, -0.05) is 40.7 Å². The normalized spacial score (nSPS) is 16.4. The smallest absolute Gasteiger partial charge is 0.0440 e. The van der Waals surface area contributed by atoms with Crippen LogP contribution in [0.25, 0.3) is 0 Å². The maximum Gasteiger partial charge on any atom is 0.0440 e. The Morgan fingerprint density at radius 2 is 1.81 bits per heavy atom. The van der Waals surface area contributed by atoms with Gasteiger partial charge in [-0.25, -0.2) is 0 Å². The standard InChI is InChI=1S/C14H25NS/c1-10(2)13(12-8-7-9-16-12)15-11(3)14(4,5)6/h7-11,13,15H,1-6H3. The Labute approximate surface area is 104 Å². The van der Waals surface area contributed by atoms with E-state index in [1.807, 2.05) is 11.3 Å².